The smallest absolute Gasteiger partial charge is 0.227 e. The van der Waals surface area contributed by atoms with E-state index in [9.17, 15) is 9.90 Å². The zero-order valence-electron chi connectivity index (χ0n) is 12.5. The lowest BCUT2D eigenvalue weighted by Gasteiger charge is -2.22. The standard InChI is InChI=1S/C15H28N2O2/c1-11(2)8-16-6-4-14(9-16)15(19)17-7-5-13(10-17)12(3)18/h11-14,18H,4-10H2,1-3H3. The molecule has 2 aliphatic heterocycles. The third-order valence-electron chi connectivity index (χ3n) is 4.46. The first-order valence-corrected chi connectivity index (χ1v) is 7.66. The van der Waals surface area contributed by atoms with E-state index in [1.807, 2.05) is 11.8 Å². The third kappa shape index (κ3) is 3.69. The fourth-order valence-electron chi connectivity index (χ4n) is 3.36. The van der Waals surface area contributed by atoms with Gasteiger partial charge in [-0.15, -0.1) is 0 Å². The molecule has 3 atom stereocenters. The van der Waals surface area contributed by atoms with Gasteiger partial charge >= 0.3 is 0 Å². The predicted octanol–water partition coefficient (Wildman–Crippen LogP) is 1.19. The highest BCUT2D eigenvalue weighted by Gasteiger charge is 2.35. The van der Waals surface area contributed by atoms with Crippen molar-refractivity contribution < 1.29 is 9.90 Å². The van der Waals surface area contributed by atoms with Crippen molar-refractivity contribution >= 4 is 5.91 Å². The zero-order chi connectivity index (χ0) is 14.0. The summed E-state index contributed by atoms with van der Waals surface area (Å²) in [5.74, 6) is 1.44. The molecule has 1 amide bonds. The minimum absolute atomic E-state index is 0.187. The molecule has 2 rings (SSSR count). The van der Waals surface area contributed by atoms with Gasteiger partial charge in [-0.05, 0) is 32.2 Å². The zero-order valence-corrected chi connectivity index (χ0v) is 12.5. The van der Waals surface area contributed by atoms with Gasteiger partial charge < -0.3 is 14.9 Å². The number of nitrogens with zero attached hydrogens (tertiary/aromatic N) is 2. The normalized spacial score (nSPS) is 30.3. The van der Waals surface area contributed by atoms with Crippen molar-refractivity contribution in [3.05, 3.63) is 0 Å². The molecule has 3 unspecified atom stereocenters. The van der Waals surface area contributed by atoms with E-state index in [2.05, 4.69) is 18.7 Å². The van der Waals surface area contributed by atoms with Crippen molar-refractivity contribution in [2.75, 3.05) is 32.7 Å². The highest BCUT2D eigenvalue weighted by Crippen LogP contribution is 2.25. The van der Waals surface area contributed by atoms with E-state index in [4.69, 9.17) is 0 Å². The van der Waals surface area contributed by atoms with E-state index in [1.165, 1.54) is 0 Å². The molecule has 19 heavy (non-hydrogen) atoms. The van der Waals surface area contributed by atoms with Gasteiger partial charge in [0.05, 0.1) is 12.0 Å². The maximum Gasteiger partial charge on any atom is 0.227 e. The van der Waals surface area contributed by atoms with Crippen molar-refractivity contribution in [1.29, 1.82) is 0 Å². The van der Waals surface area contributed by atoms with Gasteiger partial charge in [0.1, 0.15) is 0 Å². The van der Waals surface area contributed by atoms with Gasteiger partial charge in [-0.3, -0.25) is 4.79 Å². The summed E-state index contributed by atoms with van der Waals surface area (Å²) in [5.41, 5.74) is 0. The first kappa shape index (κ1) is 14.8. The number of rotatable bonds is 4. The van der Waals surface area contributed by atoms with Crippen molar-refractivity contribution in [3.63, 3.8) is 0 Å². The van der Waals surface area contributed by atoms with Crippen LogP contribution < -0.4 is 0 Å². The van der Waals surface area contributed by atoms with Crippen LogP contribution in [-0.4, -0.2) is 59.6 Å². The fourth-order valence-corrected chi connectivity index (χ4v) is 3.36. The summed E-state index contributed by atoms with van der Waals surface area (Å²) in [6.45, 7) is 10.9. The molecule has 0 aromatic rings. The second kappa shape index (κ2) is 6.23. The number of aliphatic hydroxyl groups excluding tert-OH is 1. The summed E-state index contributed by atoms with van der Waals surface area (Å²) in [7, 11) is 0. The molecule has 2 fully saturated rings. The van der Waals surface area contributed by atoms with E-state index in [1.54, 1.807) is 0 Å². The molecule has 1 N–H and O–H groups in total. The lowest BCUT2D eigenvalue weighted by molar-refractivity contribution is -0.134. The van der Waals surface area contributed by atoms with Crippen molar-refractivity contribution in [3.8, 4) is 0 Å². The number of hydrogen-bond donors (Lipinski definition) is 1. The monoisotopic (exact) mass is 268 g/mol. The lowest BCUT2D eigenvalue weighted by Crippen LogP contribution is -2.37. The summed E-state index contributed by atoms with van der Waals surface area (Å²) in [6.07, 6.45) is 1.66. The quantitative estimate of drug-likeness (QED) is 0.833. The predicted molar refractivity (Wildman–Crippen MR) is 75.8 cm³/mol. The minimum Gasteiger partial charge on any atom is -0.393 e. The van der Waals surface area contributed by atoms with Crippen LogP contribution in [0.25, 0.3) is 0 Å². The molecule has 0 saturated carbocycles. The van der Waals surface area contributed by atoms with E-state index in [0.717, 1.165) is 45.6 Å². The molecule has 4 heteroatoms. The minimum atomic E-state index is -0.293. The topological polar surface area (TPSA) is 43.8 Å². The highest BCUT2D eigenvalue weighted by molar-refractivity contribution is 5.79. The summed E-state index contributed by atoms with van der Waals surface area (Å²) in [6, 6.07) is 0. The van der Waals surface area contributed by atoms with E-state index < -0.39 is 0 Å². The molecule has 4 nitrogen and oxygen atoms in total. The van der Waals surface area contributed by atoms with E-state index in [-0.39, 0.29) is 17.9 Å². The van der Waals surface area contributed by atoms with Crippen LogP contribution in [0.5, 0.6) is 0 Å². The molecule has 2 heterocycles. The molecule has 0 aromatic carbocycles. The van der Waals surface area contributed by atoms with Gasteiger partial charge in [-0.2, -0.15) is 0 Å². The Morgan fingerprint density at radius 2 is 1.95 bits per heavy atom. The Labute approximate surface area is 116 Å². The second-order valence-electron chi connectivity index (χ2n) is 6.71. The number of amides is 1. The Bertz CT molecular complexity index is 317. The average Bonchev–Trinajstić information content (AvgIpc) is 2.95. The summed E-state index contributed by atoms with van der Waals surface area (Å²) in [5, 5.41) is 9.61. The van der Waals surface area contributed by atoms with Crippen LogP contribution in [0, 0.1) is 17.8 Å². The molecule has 110 valence electrons. The van der Waals surface area contributed by atoms with Crippen molar-refractivity contribution in [2.45, 2.75) is 39.7 Å². The maximum atomic E-state index is 12.5. The number of likely N-dealkylation sites (tertiary alicyclic amines) is 2. The number of carbonyl (C=O) groups excluding carboxylic acids is 1. The van der Waals surface area contributed by atoms with Crippen LogP contribution >= 0.6 is 0 Å². The largest absolute Gasteiger partial charge is 0.393 e. The van der Waals surface area contributed by atoms with Crippen LogP contribution in [0.15, 0.2) is 0 Å². The van der Waals surface area contributed by atoms with Gasteiger partial charge in [-0.1, -0.05) is 13.8 Å². The number of hydrogen-bond acceptors (Lipinski definition) is 3. The Balaban J connectivity index is 1.82. The second-order valence-corrected chi connectivity index (χ2v) is 6.71. The number of carbonyl (C=O) groups is 1. The van der Waals surface area contributed by atoms with E-state index >= 15 is 0 Å². The number of aliphatic hydroxyl groups is 1. The van der Waals surface area contributed by atoms with Gasteiger partial charge in [0.25, 0.3) is 0 Å². The molecular weight excluding hydrogens is 240 g/mol. The Morgan fingerprint density at radius 1 is 1.21 bits per heavy atom. The molecule has 0 spiro atoms. The van der Waals surface area contributed by atoms with Crippen LogP contribution in [-0.2, 0) is 4.79 Å². The van der Waals surface area contributed by atoms with Gasteiger partial charge in [0.2, 0.25) is 5.91 Å². The SMILES string of the molecule is CC(C)CN1CCC(C(=O)N2CCC(C(C)O)C2)C1. The molecule has 0 aliphatic carbocycles. The first-order valence-electron chi connectivity index (χ1n) is 7.66. The lowest BCUT2D eigenvalue weighted by atomic mass is 10.0. The molecule has 2 saturated heterocycles. The van der Waals surface area contributed by atoms with Crippen molar-refractivity contribution in [2.24, 2.45) is 17.8 Å². The van der Waals surface area contributed by atoms with E-state index in [0.29, 0.717) is 11.8 Å². The third-order valence-corrected chi connectivity index (χ3v) is 4.46. The summed E-state index contributed by atoms with van der Waals surface area (Å²) < 4.78 is 0. The van der Waals surface area contributed by atoms with Crippen LogP contribution in [0.1, 0.15) is 33.6 Å². The Kier molecular flexibility index (Phi) is 4.85. The van der Waals surface area contributed by atoms with Gasteiger partial charge in [0, 0.05) is 32.1 Å². The fraction of sp³-hybridized carbons (Fsp3) is 0.933. The Morgan fingerprint density at radius 3 is 2.53 bits per heavy atom. The molecule has 0 radical (unpaired) electrons. The maximum absolute atomic E-state index is 12.5. The van der Waals surface area contributed by atoms with Crippen molar-refractivity contribution in [1.82, 2.24) is 9.80 Å². The van der Waals surface area contributed by atoms with Crippen LogP contribution in [0.2, 0.25) is 0 Å². The molecule has 0 aromatic heterocycles. The molecular formula is C15H28N2O2. The first-order chi connectivity index (χ1) is 8.97. The highest BCUT2D eigenvalue weighted by atomic mass is 16.3. The summed E-state index contributed by atoms with van der Waals surface area (Å²) >= 11 is 0. The molecule has 0 bridgehead atoms. The van der Waals surface area contributed by atoms with Crippen LogP contribution in [0.3, 0.4) is 0 Å². The molecule has 2 aliphatic rings. The van der Waals surface area contributed by atoms with Gasteiger partial charge in [-0.25, -0.2) is 0 Å². The summed E-state index contributed by atoms with van der Waals surface area (Å²) in [4.78, 5) is 16.9. The Hall–Kier alpha value is -0.610. The average molecular weight is 268 g/mol. The van der Waals surface area contributed by atoms with Crippen LogP contribution in [0.4, 0.5) is 0 Å². The van der Waals surface area contributed by atoms with Gasteiger partial charge in [0.15, 0.2) is 0 Å².